The minimum Gasteiger partial charge on any atom is -0.455 e. The molecule has 1 N–H and O–H groups in total. The number of benzene rings is 2. The largest absolute Gasteiger partial charge is 0.455 e. The van der Waals surface area contributed by atoms with Crippen molar-refractivity contribution in [1.29, 1.82) is 0 Å². The molecule has 26 heavy (non-hydrogen) atoms. The van der Waals surface area contributed by atoms with Crippen LogP contribution in [0.25, 0.3) is 0 Å². The van der Waals surface area contributed by atoms with E-state index in [9.17, 15) is 4.79 Å². The first-order chi connectivity index (χ1) is 12.8. The molecule has 1 heterocycles. The highest BCUT2D eigenvalue weighted by Crippen LogP contribution is 2.39. The Morgan fingerprint density at radius 2 is 1.88 bits per heavy atom. The van der Waals surface area contributed by atoms with E-state index in [4.69, 9.17) is 9.15 Å². The van der Waals surface area contributed by atoms with Crippen LogP contribution in [-0.2, 0) is 4.79 Å². The lowest BCUT2D eigenvalue weighted by Crippen LogP contribution is -2.14. The molecule has 0 radical (unpaired) electrons. The predicted octanol–water partition coefficient (Wildman–Crippen LogP) is 4.47. The fourth-order valence-electron chi connectivity index (χ4n) is 2.36. The number of anilines is 1. The molecule has 0 atom stereocenters. The Balaban J connectivity index is 1.36. The quantitative estimate of drug-likeness (QED) is 0.621. The smallest absolute Gasteiger partial charge is 0.277 e. The summed E-state index contributed by atoms with van der Waals surface area (Å²) in [7, 11) is 0. The number of thioether (sulfide) groups is 1. The number of amides is 1. The van der Waals surface area contributed by atoms with Crippen LogP contribution in [-0.4, -0.2) is 21.9 Å². The van der Waals surface area contributed by atoms with Crippen LogP contribution in [0.1, 0.15) is 24.7 Å². The van der Waals surface area contributed by atoms with Crippen molar-refractivity contribution in [1.82, 2.24) is 10.2 Å². The van der Waals surface area contributed by atoms with Crippen LogP contribution < -0.4 is 10.1 Å². The van der Waals surface area contributed by atoms with Crippen molar-refractivity contribution in [2.45, 2.75) is 24.0 Å². The van der Waals surface area contributed by atoms with E-state index in [1.54, 1.807) is 6.07 Å². The van der Waals surface area contributed by atoms with Gasteiger partial charge in [-0.25, -0.2) is 0 Å². The van der Waals surface area contributed by atoms with E-state index in [2.05, 4.69) is 15.5 Å². The number of rotatable bonds is 7. The molecule has 2 aromatic carbocycles. The average molecular weight is 367 g/mol. The number of hydrogen-bond donors (Lipinski definition) is 1. The highest BCUT2D eigenvalue weighted by molar-refractivity contribution is 7.99. The second kappa shape index (κ2) is 7.61. The van der Waals surface area contributed by atoms with E-state index < -0.39 is 0 Å². The van der Waals surface area contributed by atoms with Gasteiger partial charge < -0.3 is 14.5 Å². The first-order valence-corrected chi connectivity index (χ1v) is 9.34. The van der Waals surface area contributed by atoms with Crippen LogP contribution in [0.3, 0.4) is 0 Å². The highest BCUT2D eigenvalue weighted by Gasteiger charge is 2.29. The molecule has 1 aliphatic rings. The average Bonchev–Trinajstić information content (AvgIpc) is 3.41. The summed E-state index contributed by atoms with van der Waals surface area (Å²) in [5.41, 5.74) is 0.617. The summed E-state index contributed by atoms with van der Waals surface area (Å²) < 4.78 is 11.4. The number of carbonyl (C=O) groups is 1. The fourth-order valence-corrected chi connectivity index (χ4v) is 2.93. The Hall–Kier alpha value is -2.80. The number of nitrogens with zero attached hydrogens (tertiary/aromatic N) is 2. The minimum atomic E-state index is -0.162. The van der Waals surface area contributed by atoms with Crippen molar-refractivity contribution in [3.63, 3.8) is 0 Å². The monoisotopic (exact) mass is 367 g/mol. The molecule has 1 amide bonds. The zero-order chi connectivity index (χ0) is 17.8. The van der Waals surface area contributed by atoms with E-state index in [1.807, 2.05) is 48.5 Å². The second-order valence-electron chi connectivity index (χ2n) is 5.93. The maximum Gasteiger partial charge on any atom is 0.277 e. The van der Waals surface area contributed by atoms with Crippen LogP contribution in [0.2, 0.25) is 0 Å². The molecule has 0 saturated heterocycles. The second-order valence-corrected chi connectivity index (χ2v) is 6.86. The van der Waals surface area contributed by atoms with Gasteiger partial charge in [-0.3, -0.25) is 4.79 Å². The Morgan fingerprint density at radius 1 is 1.12 bits per heavy atom. The topological polar surface area (TPSA) is 77.2 Å². The van der Waals surface area contributed by atoms with Gasteiger partial charge in [0.05, 0.1) is 11.4 Å². The van der Waals surface area contributed by atoms with Crippen LogP contribution in [0, 0.1) is 0 Å². The molecule has 1 fully saturated rings. The van der Waals surface area contributed by atoms with Crippen molar-refractivity contribution in [3.8, 4) is 11.5 Å². The van der Waals surface area contributed by atoms with Gasteiger partial charge in [0, 0.05) is 5.92 Å². The standard InChI is InChI=1S/C19H17N3O3S/c23-17(12-26-19-22-21-18(25-19)13-10-11-13)20-15-8-4-5-9-16(15)24-14-6-2-1-3-7-14/h1-9,13H,10-12H2,(H,20,23). The Kier molecular flexibility index (Phi) is 4.88. The SMILES string of the molecule is O=C(CSc1nnc(C2CC2)o1)Nc1ccccc1Oc1ccccc1. The van der Waals surface area contributed by atoms with Gasteiger partial charge in [-0.2, -0.15) is 0 Å². The lowest BCUT2D eigenvalue weighted by atomic mass is 10.3. The molecule has 0 unspecified atom stereocenters. The molecule has 1 aromatic heterocycles. The molecule has 0 aliphatic heterocycles. The molecule has 4 rings (SSSR count). The van der Waals surface area contributed by atoms with Crippen molar-refractivity contribution in [3.05, 3.63) is 60.5 Å². The number of nitrogens with one attached hydrogen (secondary N) is 1. The van der Waals surface area contributed by atoms with Gasteiger partial charge in [0.25, 0.3) is 5.22 Å². The summed E-state index contributed by atoms with van der Waals surface area (Å²) in [6, 6.07) is 16.8. The molecule has 1 aliphatic carbocycles. The molecule has 1 saturated carbocycles. The summed E-state index contributed by atoms with van der Waals surface area (Å²) in [4.78, 5) is 12.3. The third-order valence-corrected chi connectivity index (χ3v) is 4.63. The van der Waals surface area contributed by atoms with Crippen LogP contribution >= 0.6 is 11.8 Å². The predicted molar refractivity (Wildman–Crippen MR) is 98.6 cm³/mol. The molecule has 132 valence electrons. The number of para-hydroxylation sites is 3. The van der Waals surface area contributed by atoms with E-state index in [-0.39, 0.29) is 11.7 Å². The Labute approximate surface area is 155 Å². The molecule has 3 aromatic rings. The summed E-state index contributed by atoms with van der Waals surface area (Å²) in [5.74, 6) is 2.41. The Morgan fingerprint density at radius 3 is 2.69 bits per heavy atom. The maximum atomic E-state index is 12.3. The van der Waals surface area contributed by atoms with E-state index in [0.29, 0.717) is 34.2 Å². The molecule has 0 bridgehead atoms. The summed E-state index contributed by atoms with van der Waals surface area (Å²) >= 11 is 1.23. The van der Waals surface area contributed by atoms with Gasteiger partial charge in [-0.1, -0.05) is 42.1 Å². The maximum absolute atomic E-state index is 12.3. The van der Waals surface area contributed by atoms with Gasteiger partial charge >= 0.3 is 0 Å². The van der Waals surface area contributed by atoms with E-state index in [0.717, 1.165) is 12.8 Å². The van der Waals surface area contributed by atoms with E-state index in [1.165, 1.54) is 11.8 Å². The molecular formula is C19H17N3O3S. The van der Waals surface area contributed by atoms with Gasteiger partial charge in [-0.05, 0) is 37.1 Å². The van der Waals surface area contributed by atoms with Gasteiger partial charge in [0.1, 0.15) is 5.75 Å². The van der Waals surface area contributed by atoms with Crippen LogP contribution in [0.15, 0.2) is 64.2 Å². The third-order valence-electron chi connectivity index (χ3n) is 3.81. The fraction of sp³-hybridized carbons (Fsp3) is 0.211. The lowest BCUT2D eigenvalue weighted by Gasteiger charge is -2.11. The van der Waals surface area contributed by atoms with Crippen LogP contribution in [0.5, 0.6) is 11.5 Å². The summed E-state index contributed by atoms with van der Waals surface area (Å²) in [5, 5.41) is 11.3. The molecule has 0 spiro atoms. The number of carbonyl (C=O) groups excluding carboxylic acids is 1. The molecular weight excluding hydrogens is 350 g/mol. The highest BCUT2D eigenvalue weighted by atomic mass is 32.2. The van der Waals surface area contributed by atoms with Crippen molar-refractivity contribution >= 4 is 23.4 Å². The normalized spacial score (nSPS) is 13.4. The molecule has 7 heteroatoms. The van der Waals surface area contributed by atoms with Crippen molar-refractivity contribution in [2.75, 3.05) is 11.1 Å². The van der Waals surface area contributed by atoms with Gasteiger partial charge in [0.15, 0.2) is 5.75 Å². The zero-order valence-electron chi connectivity index (χ0n) is 13.9. The zero-order valence-corrected chi connectivity index (χ0v) is 14.7. The summed E-state index contributed by atoms with van der Waals surface area (Å²) in [6.07, 6.45) is 2.20. The number of hydrogen-bond acceptors (Lipinski definition) is 6. The van der Waals surface area contributed by atoms with Crippen molar-refractivity contribution < 1.29 is 13.9 Å². The van der Waals surface area contributed by atoms with Gasteiger partial charge in [0.2, 0.25) is 11.8 Å². The first kappa shape index (κ1) is 16.7. The lowest BCUT2D eigenvalue weighted by molar-refractivity contribution is -0.113. The summed E-state index contributed by atoms with van der Waals surface area (Å²) in [6.45, 7) is 0. The Bertz CT molecular complexity index is 894. The van der Waals surface area contributed by atoms with Gasteiger partial charge in [-0.15, -0.1) is 10.2 Å². The number of aromatic nitrogens is 2. The number of ether oxygens (including phenoxy) is 1. The van der Waals surface area contributed by atoms with E-state index >= 15 is 0 Å². The van der Waals surface area contributed by atoms with Crippen molar-refractivity contribution in [2.24, 2.45) is 0 Å². The third kappa shape index (κ3) is 4.23. The first-order valence-electron chi connectivity index (χ1n) is 8.36. The van der Waals surface area contributed by atoms with Crippen LogP contribution in [0.4, 0.5) is 5.69 Å². The minimum absolute atomic E-state index is 0.162. The molecule has 6 nitrogen and oxygen atoms in total.